The number of unbranched alkanes of at least 4 members (excludes halogenated alkanes) is 12. The van der Waals surface area contributed by atoms with Gasteiger partial charge in [-0.3, -0.25) is 0 Å². The van der Waals surface area contributed by atoms with Crippen LogP contribution in [0.15, 0.2) is 146 Å². The van der Waals surface area contributed by atoms with Gasteiger partial charge in [-0.05, 0) is 140 Å². The Morgan fingerprint density at radius 2 is 0.472 bits per heavy atom. The quantitative estimate of drug-likeness (QED) is 0.0252. The van der Waals surface area contributed by atoms with Crippen LogP contribution in [0.4, 0.5) is 11.4 Å². The number of rotatable bonds is 30. The molecule has 2 nitrogen and oxygen atoms in total. The molecule has 0 spiro atoms. The summed E-state index contributed by atoms with van der Waals surface area (Å²) < 4.78 is 0. The van der Waals surface area contributed by atoms with E-state index in [1.54, 1.807) is 0 Å². The molecule has 0 aliphatic rings. The highest BCUT2D eigenvalue weighted by atomic mass is 15.1. The molecule has 0 radical (unpaired) electrons. The number of benzene rings is 7. The fourth-order valence-corrected chi connectivity index (χ4v) is 9.70. The van der Waals surface area contributed by atoms with Crippen LogP contribution in [-0.4, -0.2) is 26.2 Å². The molecule has 0 fully saturated rings. The van der Waals surface area contributed by atoms with Crippen molar-refractivity contribution in [2.75, 3.05) is 36.0 Å². The monoisotopic (exact) mass is 953 g/mol. The van der Waals surface area contributed by atoms with E-state index in [4.69, 9.17) is 0 Å². The lowest BCUT2D eigenvalue weighted by Crippen LogP contribution is -2.25. The van der Waals surface area contributed by atoms with Crippen molar-refractivity contribution in [3.05, 3.63) is 190 Å². The molecule has 374 valence electrons. The Morgan fingerprint density at radius 3 is 0.736 bits per heavy atom. The van der Waals surface area contributed by atoms with Crippen molar-refractivity contribution in [1.82, 2.24) is 0 Å². The number of anilines is 2. The molecule has 0 aliphatic heterocycles. The van der Waals surface area contributed by atoms with Crippen LogP contribution in [0.1, 0.15) is 175 Å². The summed E-state index contributed by atoms with van der Waals surface area (Å²) >= 11 is 0. The van der Waals surface area contributed by atoms with Gasteiger partial charge in [0.05, 0.1) is 0 Å². The predicted molar refractivity (Wildman–Crippen MR) is 324 cm³/mol. The van der Waals surface area contributed by atoms with Gasteiger partial charge in [0.1, 0.15) is 0 Å². The van der Waals surface area contributed by atoms with Crippen molar-refractivity contribution >= 4 is 81.5 Å². The average molecular weight is 953 g/mol. The Bertz CT molecular complexity index is 2550. The first-order valence-corrected chi connectivity index (χ1v) is 28.1. The van der Waals surface area contributed by atoms with Crippen molar-refractivity contribution in [3.8, 4) is 0 Å². The van der Waals surface area contributed by atoms with Crippen LogP contribution in [0.3, 0.4) is 0 Å². The maximum absolute atomic E-state index is 2.61. The molecule has 7 aromatic carbocycles. The summed E-state index contributed by atoms with van der Waals surface area (Å²) in [6.07, 6.45) is 38.7. The van der Waals surface area contributed by atoms with Gasteiger partial charge in [0.25, 0.3) is 0 Å². The van der Waals surface area contributed by atoms with Crippen LogP contribution in [0, 0.1) is 0 Å². The predicted octanol–water partition coefficient (Wildman–Crippen LogP) is 20.6. The minimum atomic E-state index is 1.16. The number of fused-ring (bicyclic) bond motifs is 2. The highest BCUT2D eigenvalue weighted by Crippen LogP contribution is 2.27. The Labute approximate surface area is 435 Å². The first kappa shape index (κ1) is 53.4. The van der Waals surface area contributed by atoms with Crippen LogP contribution in [0.2, 0.25) is 0 Å². The highest BCUT2D eigenvalue weighted by Gasteiger charge is 2.09. The second kappa shape index (κ2) is 29.8. The maximum atomic E-state index is 2.61. The van der Waals surface area contributed by atoms with E-state index in [0.717, 1.165) is 26.2 Å². The smallest absolute Gasteiger partial charge is 0.0366 e. The van der Waals surface area contributed by atoms with Gasteiger partial charge in [0.15, 0.2) is 0 Å². The Balaban J connectivity index is 0.903. The zero-order valence-electron chi connectivity index (χ0n) is 44.5. The maximum Gasteiger partial charge on any atom is 0.0366 e. The normalized spacial score (nSPS) is 11.9. The van der Waals surface area contributed by atoms with E-state index in [2.05, 4.69) is 232 Å². The molecular weight excluding hydrogens is 869 g/mol. The van der Waals surface area contributed by atoms with Gasteiger partial charge < -0.3 is 9.80 Å². The average Bonchev–Trinajstić information content (AvgIpc) is 3.42. The summed E-state index contributed by atoms with van der Waals surface area (Å²) in [5.41, 5.74) is 12.4. The number of hydrogen-bond donors (Lipinski definition) is 0. The summed E-state index contributed by atoms with van der Waals surface area (Å²) in [4.78, 5) is 5.22. The highest BCUT2D eigenvalue weighted by molar-refractivity contribution is 6.00. The number of nitrogens with zero attached hydrogens (tertiary/aromatic N) is 2. The molecule has 0 aromatic heterocycles. The molecule has 7 aromatic rings. The lowest BCUT2D eigenvalue weighted by molar-refractivity contribution is 0.609. The largest absolute Gasteiger partial charge is 0.372 e. The van der Waals surface area contributed by atoms with Crippen LogP contribution >= 0.6 is 0 Å². The molecule has 2 heteroatoms. The molecule has 72 heavy (non-hydrogen) atoms. The first-order chi connectivity index (χ1) is 35.5. The molecule has 0 N–H and O–H groups in total. The minimum absolute atomic E-state index is 1.16. The van der Waals surface area contributed by atoms with E-state index in [0.29, 0.717) is 0 Å². The van der Waals surface area contributed by atoms with Gasteiger partial charge in [0.2, 0.25) is 0 Å². The summed E-state index contributed by atoms with van der Waals surface area (Å²) in [6.45, 7) is 13.8. The van der Waals surface area contributed by atoms with E-state index in [-0.39, 0.29) is 0 Å². The van der Waals surface area contributed by atoms with Gasteiger partial charge in [-0.25, -0.2) is 0 Å². The zero-order chi connectivity index (χ0) is 50.0. The SMILES string of the molecule is CCCCCCN(CCCCCC)c1ccc(/C=C/c2ccc(/C=C/c3ccc4cc5cc(/C=C/c6ccc(/C=C/c7ccc(N(CCCCCC)CCCCCC)cc7)cc6)ccc5cc4c3)cc2)cc1. The molecule has 0 saturated carbocycles. The second-order valence-corrected chi connectivity index (χ2v) is 20.1. The van der Waals surface area contributed by atoms with Crippen LogP contribution in [0.5, 0.6) is 0 Å². The first-order valence-electron chi connectivity index (χ1n) is 28.1. The molecule has 0 unspecified atom stereocenters. The fourth-order valence-electron chi connectivity index (χ4n) is 9.70. The molecule has 0 aliphatic carbocycles. The van der Waals surface area contributed by atoms with E-state index >= 15 is 0 Å². The van der Waals surface area contributed by atoms with Crippen molar-refractivity contribution in [3.63, 3.8) is 0 Å². The zero-order valence-corrected chi connectivity index (χ0v) is 44.5. The van der Waals surface area contributed by atoms with Crippen LogP contribution in [-0.2, 0) is 0 Å². The lowest BCUT2D eigenvalue weighted by atomic mass is 9.99. The third-order valence-electron chi connectivity index (χ3n) is 14.2. The second-order valence-electron chi connectivity index (χ2n) is 20.1. The topological polar surface area (TPSA) is 6.48 Å². The summed E-state index contributed by atoms with van der Waals surface area (Å²) in [5, 5.41) is 5.02. The van der Waals surface area contributed by atoms with Gasteiger partial charge in [-0.2, -0.15) is 0 Å². The van der Waals surface area contributed by atoms with Gasteiger partial charge in [-0.15, -0.1) is 0 Å². The van der Waals surface area contributed by atoms with Gasteiger partial charge in [0, 0.05) is 37.6 Å². The van der Waals surface area contributed by atoms with Gasteiger partial charge in [-0.1, -0.05) is 250 Å². The van der Waals surface area contributed by atoms with Crippen molar-refractivity contribution in [1.29, 1.82) is 0 Å². The number of hydrogen-bond acceptors (Lipinski definition) is 2. The van der Waals surface area contributed by atoms with Crippen molar-refractivity contribution < 1.29 is 0 Å². The summed E-state index contributed by atoms with van der Waals surface area (Å²) in [6, 6.07) is 54.2. The van der Waals surface area contributed by atoms with E-state index in [1.807, 2.05) is 0 Å². The standard InChI is InChI=1S/C70H84N2/c1-5-9-13-17-49-71(50-18-14-10-6-2)69-45-39-61(40-46-69)31-29-57-21-25-59(26-22-57)33-35-63-37-43-65-56-68-54-64(38-44-66(68)55-67(65)53-63)36-34-60-27-23-58(24-28-60)30-32-62-41-47-70(48-42-62)72(51-19-15-11-7-3)52-20-16-12-8-4/h21-48,53-56H,5-20,49-52H2,1-4H3/b31-29+,32-30+,35-33+,36-34+. The Kier molecular flexibility index (Phi) is 22.1. The van der Waals surface area contributed by atoms with E-state index < -0.39 is 0 Å². The molecule has 0 heterocycles. The third-order valence-corrected chi connectivity index (χ3v) is 14.2. The van der Waals surface area contributed by atoms with E-state index in [1.165, 1.54) is 180 Å². The van der Waals surface area contributed by atoms with Crippen molar-refractivity contribution in [2.45, 2.75) is 130 Å². The lowest BCUT2D eigenvalue weighted by Gasteiger charge is -2.25. The minimum Gasteiger partial charge on any atom is -0.372 e. The summed E-state index contributed by atoms with van der Waals surface area (Å²) in [5.74, 6) is 0. The third kappa shape index (κ3) is 17.4. The molecule has 0 bridgehead atoms. The Hall–Kier alpha value is -6.38. The Morgan fingerprint density at radius 1 is 0.236 bits per heavy atom. The van der Waals surface area contributed by atoms with Crippen LogP contribution in [0.25, 0.3) is 70.2 Å². The molecular formula is C70H84N2. The van der Waals surface area contributed by atoms with E-state index in [9.17, 15) is 0 Å². The molecule has 0 amide bonds. The summed E-state index contributed by atoms with van der Waals surface area (Å²) in [7, 11) is 0. The fraction of sp³-hybridized carbons (Fsp3) is 0.343. The van der Waals surface area contributed by atoms with Gasteiger partial charge >= 0.3 is 0 Å². The molecule has 0 atom stereocenters. The molecule has 0 saturated heterocycles. The molecule has 7 rings (SSSR count). The van der Waals surface area contributed by atoms with Crippen molar-refractivity contribution in [2.24, 2.45) is 0 Å². The van der Waals surface area contributed by atoms with Crippen LogP contribution < -0.4 is 9.80 Å².